The normalized spacial score (nSPS) is 18.9. The summed E-state index contributed by atoms with van der Waals surface area (Å²) in [6.07, 6.45) is 3.38. The second-order valence-corrected chi connectivity index (χ2v) is 7.32. The molecule has 1 atom stereocenters. The van der Waals surface area contributed by atoms with Crippen LogP contribution in [0.5, 0.6) is 0 Å². The Bertz CT molecular complexity index is 783. The Morgan fingerprint density at radius 3 is 2.92 bits per heavy atom. The fraction of sp³-hybridized carbons (Fsp3) is 0.588. The summed E-state index contributed by atoms with van der Waals surface area (Å²) < 4.78 is 1.38. The lowest BCUT2D eigenvalue weighted by Crippen LogP contribution is -2.41. The molecule has 1 saturated heterocycles. The summed E-state index contributed by atoms with van der Waals surface area (Å²) in [7, 11) is 1.67. The molecule has 130 valence electrons. The van der Waals surface area contributed by atoms with Crippen LogP contribution in [0, 0.1) is 13.8 Å². The highest BCUT2D eigenvalue weighted by Crippen LogP contribution is 2.26. The third-order valence-corrected chi connectivity index (χ3v) is 5.72. The summed E-state index contributed by atoms with van der Waals surface area (Å²) >= 11 is 1.50. The van der Waals surface area contributed by atoms with Gasteiger partial charge in [0.1, 0.15) is 5.01 Å². The van der Waals surface area contributed by atoms with E-state index in [0.717, 1.165) is 47.9 Å². The minimum Gasteiger partial charge on any atom is -0.395 e. The fourth-order valence-electron chi connectivity index (χ4n) is 3.28. The molecule has 1 N–H and O–H groups in total. The number of hydrogen-bond donors (Lipinski definition) is 1. The van der Waals surface area contributed by atoms with Crippen molar-refractivity contribution in [3.05, 3.63) is 32.7 Å². The van der Waals surface area contributed by atoms with Crippen molar-refractivity contribution in [1.82, 2.24) is 19.7 Å². The van der Waals surface area contributed by atoms with Gasteiger partial charge in [0.2, 0.25) is 0 Å². The molecular weight excluding hydrogens is 324 g/mol. The Kier molecular flexibility index (Phi) is 5.12. The quantitative estimate of drug-likeness (QED) is 0.913. The molecule has 2 aromatic heterocycles. The number of aromatic nitrogens is 3. The van der Waals surface area contributed by atoms with Crippen molar-refractivity contribution in [2.75, 3.05) is 13.2 Å². The van der Waals surface area contributed by atoms with Gasteiger partial charge in [-0.1, -0.05) is 6.42 Å². The lowest BCUT2D eigenvalue weighted by atomic mass is 10.0. The Morgan fingerprint density at radius 1 is 1.38 bits per heavy atom. The molecule has 0 saturated carbocycles. The van der Waals surface area contributed by atoms with Crippen LogP contribution in [0.2, 0.25) is 0 Å². The predicted octanol–water partition coefficient (Wildman–Crippen LogP) is 1.87. The number of piperidine rings is 1. The van der Waals surface area contributed by atoms with Gasteiger partial charge in [0.25, 0.3) is 5.56 Å². The van der Waals surface area contributed by atoms with E-state index in [-0.39, 0.29) is 18.2 Å². The van der Waals surface area contributed by atoms with Crippen LogP contribution in [-0.4, -0.2) is 44.0 Å². The number of aryl methyl sites for hydroxylation is 2. The Morgan fingerprint density at radius 2 is 2.17 bits per heavy atom. The molecule has 24 heavy (non-hydrogen) atoms. The molecule has 1 aliphatic heterocycles. The minimum absolute atomic E-state index is 0.106. The Hall–Kier alpha value is -1.57. The van der Waals surface area contributed by atoms with Gasteiger partial charge in [0, 0.05) is 25.0 Å². The molecule has 7 heteroatoms. The number of hydrogen-bond acceptors (Lipinski definition) is 6. The summed E-state index contributed by atoms with van der Waals surface area (Å²) in [6, 6.07) is 0.224. The first-order valence-corrected chi connectivity index (χ1v) is 9.23. The maximum Gasteiger partial charge on any atom is 0.277 e. The van der Waals surface area contributed by atoms with Crippen molar-refractivity contribution in [3.8, 4) is 10.6 Å². The van der Waals surface area contributed by atoms with Crippen LogP contribution in [-0.2, 0) is 13.6 Å². The first-order valence-electron chi connectivity index (χ1n) is 8.35. The maximum atomic E-state index is 12.5. The van der Waals surface area contributed by atoms with Crippen LogP contribution >= 0.6 is 11.3 Å². The average Bonchev–Trinajstić information content (AvgIpc) is 3.02. The number of rotatable bonds is 4. The highest BCUT2D eigenvalue weighted by Gasteiger charge is 2.23. The second kappa shape index (κ2) is 7.13. The van der Waals surface area contributed by atoms with E-state index in [4.69, 9.17) is 4.98 Å². The van der Waals surface area contributed by atoms with E-state index in [1.54, 1.807) is 7.05 Å². The SMILES string of the molecule is Cc1nn(C)c(=O)c(-c2nc(CN3CCCCC3CO)cs2)c1C. The molecule has 0 radical (unpaired) electrons. The number of aliphatic hydroxyl groups is 1. The molecule has 0 bridgehead atoms. The van der Waals surface area contributed by atoms with Crippen molar-refractivity contribution in [1.29, 1.82) is 0 Å². The van der Waals surface area contributed by atoms with Crippen LogP contribution in [0.25, 0.3) is 10.6 Å². The number of thiazole rings is 1. The molecule has 0 aromatic carbocycles. The van der Waals surface area contributed by atoms with Crippen molar-refractivity contribution < 1.29 is 5.11 Å². The molecule has 0 spiro atoms. The van der Waals surface area contributed by atoms with E-state index in [9.17, 15) is 9.90 Å². The summed E-state index contributed by atoms with van der Waals surface area (Å²) in [5.74, 6) is 0. The smallest absolute Gasteiger partial charge is 0.277 e. The zero-order valence-electron chi connectivity index (χ0n) is 14.4. The van der Waals surface area contributed by atoms with Gasteiger partial charge in [0.15, 0.2) is 0 Å². The van der Waals surface area contributed by atoms with Crippen LogP contribution in [0.15, 0.2) is 10.2 Å². The van der Waals surface area contributed by atoms with E-state index >= 15 is 0 Å². The van der Waals surface area contributed by atoms with Gasteiger partial charge < -0.3 is 5.11 Å². The van der Waals surface area contributed by atoms with Crippen LogP contribution in [0.4, 0.5) is 0 Å². The molecule has 3 heterocycles. The topological polar surface area (TPSA) is 71.2 Å². The predicted molar refractivity (Wildman–Crippen MR) is 95.2 cm³/mol. The monoisotopic (exact) mass is 348 g/mol. The van der Waals surface area contributed by atoms with E-state index in [2.05, 4.69) is 10.00 Å². The zero-order valence-corrected chi connectivity index (χ0v) is 15.3. The highest BCUT2D eigenvalue weighted by atomic mass is 32.1. The molecular formula is C17H24N4O2S. The fourth-order valence-corrected chi connectivity index (χ4v) is 4.18. The van der Waals surface area contributed by atoms with E-state index in [1.807, 2.05) is 19.2 Å². The van der Waals surface area contributed by atoms with Gasteiger partial charge in [0.05, 0.1) is 23.6 Å². The molecule has 3 rings (SSSR count). The molecule has 6 nitrogen and oxygen atoms in total. The Balaban J connectivity index is 1.88. The number of aliphatic hydroxyl groups excluding tert-OH is 1. The maximum absolute atomic E-state index is 12.5. The van der Waals surface area contributed by atoms with Crippen molar-refractivity contribution in [3.63, 3.8) is 0 Å². The standard InChI is InChI=1S/C17H24N4O2S/c1-11-12(2)19-20(3)17(23)15(11)16-18-13(10-24-16)8-21-7-5-4-6-14(21)9-22/h10,14,22H,4-9H2,1-3H3. The summed E-state index contributed by atoms with van der Waals surface area (Å²) in [6.45, 7) is 5.75. The molecule has 1 aliphatic rings. The molecule has 1 unspecified atom stereocenters. The van der Waals surface area contributed by atoms with Gasteiger partial charge >= 0.3 is 0 Å². The molecule has 1 fully saturated rings. The van der Waals surface area contributed by atoms with Gasteiger partial charge in [-0.05, 0) is 38.8 Å². The largest absolute Gasteiger partial charge is 0.395 e. The number of nitrogens with zero attached hydrogens (tertiary/aromatic N) is 4. The van der Waals surface area contributed by atoms with Crippen LogP contribution in [0.3, 0.4) is 0 Å². The van der Waals surface area contributed by atoms with Gasteiger partial charge in [-0.2, -0.15) is 5.10 Å². The molecule has 0 amide bonds. The first kappa shape index (κ1) is 17.3. The van der Waals surface area contributed by atoms with Gasteiger partial charge in [-0.3, -0.25) is 9.69 Å². The average molecular weight is 348 g/mol. The Labute approximate surface area is 145 Å². The van der Waals surface area contributed by atoms with Crippen LogP contribution < -0.4 is 5.56 Å². The summed E-state index contributed by atoms with van der Waals surface area (Å²) in [5.41, 5.74) is 3.25. The van der Waals surface area contributed by atoms with Gasteiger partial charge in [-0.15, -0.1) is 11.3 Å². The third kappa shape index (κ3) is 3.29. The van der Waals surface area contributed by atoms with Crippen molar-refractivity contribution >= 4 is 11.3 Å². The molecule has 0 aliphatic carbocycles. The van der Waals surface area contributed by atoms with Crippen molar-refractivity contribution in [2.45, 2.75) is 45.7 Å². The van der Waals surface area contributed by atoms with E-state index < -0.39 is 0 Å². The summed E-state index contributed by atoms with van der Waals surface area (Å²) in [5, 5.41) is 16.5. The van der Waals surface area contributed by atoms with Gasteiger partial charge in [-0.25, -0.2) is 9.67 Å². The lowest BCUT2D eigenvalue weighted by molar-refractivity contribution is 0.0832. The van der Waals surface area contributed by atoms with E-state index in [1.165, 1.54) is 22.4 Å². The van der Waals surface area contributed by atoms with E-state index in [0.29, 0.717) is 5.56 Å². The lowest BCUT2D eigenvalue weighted by Gasteiger charge is -2.33. The second-order valence-electron chi connectivity index (χ2n) is 6.46. The highest BCUT2D eigenvalue weighted by molar-refractivity contribution is 7.13. The van der Waals surface area contributed by atoms with Crippen molar-refractivity contribution in [2.24, 2.45) is 7.05 Å². The van der Waals surface area contributed by atoms with Crippen LogP contribution in [0.1, 0.15) is 36.2 Å². The zero-order chi connectivity index (χ0) is 17.3. The minimum atomic E-state index is -0.106. The third-order valence-electron chi connectivity index (χ3n) is 4.82. The molecule has 2 aromatic rings. The number of likely N-dealkylation sites (tertiary alicyclic amines) is 1. The first-order chi connectivity index (χ1) is 11.5. The summed E-state index contributed by atoms with van der Waals surface area (Å²) in [4.78, 5) is 19.5.